The molecule has 36 heavy (non-hydrogen) atoms. The van der Waals surface area contributed by atoms with Crippen LogP contribution in [0.3, 0.4) is 0 Å². The largest absolute Gasteiger partial charge is 0.493 e. The Labute approximate surface area is 212 Å². The van der Waals surface area contributed by atoms with Gasteiger partial charge >= 0.3 is 0 Å². The van der Waals surface area contributed by atoms with Crippen LogP contribution in [0.1, 0.15) is 30.0 Å². The molecule has 1 N–H and O–H groups in total. The third kappa shape index (κ3) is 7.31. The van der Waals surface area contributed by atoms with E-state index in [0.717, 1.165) is 16.7 Å². The topological polar surface area (TPSA) is 67.9 Å². The lowest BCUT2D eigenvalue weighted by molar-refractivity contribution is -0.141. The van der Waals surface area contributed by atoms with E-state index in [4.69, 9.17) is 9.47 Å². The van der Waals surface area contributed by atoms with Crippen LogP contribution in [-0.2, 0) is 29.0 Å². The van der Waals surface area contributed by atoms with Gasteiger partial charge in [0.25, 0.3) is 0 Å². The number of likely N-dealkylation sites (N-methyl/N-ethyl adjacent to an activating group) is 1. The van der Waals surface area contributed by atoms with E-state index in [-0.39, 0.29) is 30.6 Å². The average Bonchev–Trinajstić information content (AvgIpc) is 2.90. The third-order valence-electron chi connectivity index (χ3n) is 5.96. The van der Waals surface area contributed by atoms with Crippen molar-refractivity contribution in [3.05, 3.63) is 95.3 Å². The summed E-state index contributed by atoms with van der Waals surface area (Å²) in [6, 6.07) is 20.5. The van der Waals surface area contributed by atoms with Crippen LogP contribution in [0.2, 0.25) is 0 Å². The van der Waals surface area contributed by atoms with E-state index in [0.29, 0.717) is 30.9 Å². The van der Waals surface area contributed by atoms with Crippen LogP contribution in [0.4, 0.5) is 4.39 Å². The van der Waals surface area contributed by atoms with E-state index in [1.54, 1.807) is 31.3 Å². The molecule has 0 aliphatic heterocycles. The van der Waals surface area contributed by atoms with Crippen LogP contribution < -0.4 is 14.8 Å². The van der Waals surface area contributed by atoms with Crippen LogP contribution in [0.15, 0.2) is 72.8 Å². The second-order valence-corrected chi connectivity index (χ2v) is 8.44. The average molecular weight is 493 g/mol. The highest BCUT2D eigenvalue weighted by molar-refractivity contribution is 5.88. The Balaban J connectivity index is 1.87. The Bertz CT molecular complexity index is 1140. The number of nitrogens with zero attached hydrogens (tertiary/aromatic N) is 1. The van der Waals surface area contributed by atoms with Crippen LogP contribution in [0.25, 0.3) is 0 Å². The van der Waals surface area contributed by atoms with Crippen molar-refractivity contribution in [2.45, 2.75) is 38.8 Å². The van der Waals surface area contributed by atoms with E-state index in [9.17, 15) is 14.0 Å². The van der Waals surface area contributed by atoms with Crippen molar-refractivity contribution in [2.75, 3.05) is 20.8 Å². The van der Waals surface area contributed by atoms with Crippen molar-refractivity contribution < 1.29 is 23.5 Å². The molecule has 3 aromatic carbocycles. The highest BCUT2D eigenvalue weighted by Gasteiger charge is 2.30. The fourth-order valence-corrected chi connectivity index (χ4v) is 4.06. The van der Waals surface area contributed by atoms with Gasteiger partial charge in [-0.25, -0.2) is 4.39 Å². The second kappa shape index (κ2) is 13.3. The van der Waals surface area contributed by atoms with Crippen molar-refractivity contribution in [2.24, 2.45) is 0 Å². The maximum atomic E-state index is 13.6. The van der Waals surface area contributed by atoms with E-state index in [1.807, 2.05) is 55.5 Å². The minimum atomic E-state index is -0.713. The van der Waals surface area contributed by atoms with Gasteiger partial charge in [-0.05, 0) is 54.3 Å². The van der Waals surface area contributed by atoms with Gasteiger partial charge in [-0.2, -0.15) is 0 Å². The maximum Gasteiger partial charge on any atom is 0.243 e. The number of carbonyl (C=O) groups is 2. The SMILES string of the molecule is CCNC(=O)[C@H](Cc1ccccc1)N(Cc1ccc(F)cc1)C(=O)CCc1ccc(OC)c(OC)c1. The quantitative estimate of drug-likeness (QED) is 0.403. The molecule has 0 fully saturated rings. The highest BCUT2D eigenvalue weighted by Crippen LogP contribution is 2.28. The Kier molecular flexibility index (Phi) is 9.86. The first-order chi connectivity index (χ1) is 17.4. The number of rotatable bonds is 12. The molecule has 0 saturated heterocycles. The number of halogens is 1. The van der Waals surface area contributed by atoms with Gasteiger partial charge in [0.15, 0.2) is 11.5 Å². The molecular weight excluding hydrogens is 459 g/mol. The van der Waals surface area contributed by atoms with E-state index in [1.165, 1.54) is 12.1 Å². The first kappa shape index (κ1) is 26.7. The first-order valence-corrected chi connectivity index (χ1v) is 12.0. The summed E-state index contributed by atoms with van der Waals surface area (Å²) in [5.74, 6) is 0.471. The van der Waals surface area contributed by atoms with Gasteiger partial charge < -0.3 is 19.7 Å². The van der Waals surface area contributed by atoms with E-state index < -0.39 is 6.04 Å². The molecule has 3 rings (SSSR count). The van der Waals surface area contributed by atoms with Crippen molar-refractivity contribution in [1.29, 1.82) is 0 Å². The van der Waals surface area contributed by atoms with Gasteiger partial charge in [-0.1, -0.05) is 48.5 Å². The van der Waals surface area contributed by atoms with Crippen LogP contribution in [0.5, 0.6) is 11.5 Å². The lowest BCUT2D eigenvalue weighted by atomic mass is 10.0. The van der Waals surface area contributed by atoms with Crippen molar-refractivity contribution in [3.63, 3.8) is 0 Å². The van der Waals surface area contributed by atoms with Crippen LogP contribution in [0, 0.1) is 5.82 Å². The van der Waals surface area contributed by atoms with Gasteiger partial charge in [-0.3, -0.25) is 9.59 Å². The molecule has 2 amide bonds. The smallest absolute Gasteiger partial charge is 0.243 e. The van der Waals surface area contributed by atoms with Crippen molar-refractivity contribution >= 4 is 11.8 Å². The summed E-state index contributed by atoms with van der Waals surface area (Å²) in [6.07, 6.45) is 1.03. The third-order valence-corrected chi connectivity index (χ3v) is 5.96. The molecule has 0 aliphatic carbocycles. The lowest BCUT2D eigenvalue weighted by Crippen LogP contribution is -2.50. The van der Waals surface area contributed by atoms with E-state index in [2.05, 4.69) is 5.32 Å². The Morgan fingerprint density at radius 2 is 1.56 bits per heavy atom. The molecule has 3 aromatic rings. The summed E-state index contributed by atoms with van der Waals surface area (Å²) >= 11 is 0. The van der Waals surface area contributed by atoms with Gasteiger partial charge in [0.05, 0.1) is 14.2 Å². The van der Waals surface area contributed by atoms with E-state index >= 15 is 0 Å². The highest BCUT2D eigenvalue weighted by atomic mass is 19.1. The molecule has 0 heterocycles. The fourth-order valence-electron chi connectivity index (χ4n) is 4.06. The minimum absolute atomic E-state index is 0.165. The van der Waals surface area contributed by atoms with Crippen LogP contribution in [-0.4, -0.2) is 43.5 Å². The number of methoxy groups -OCH3 is 2. The molecule has 1 atom stereocenters. The van der Waals surface area contributed by atoms with Gasteiger partial charge in [0.2, 0.25) is 11.8 Å². The molecule has 0 unspecified atom stereocenters. The summed E-state index contributed by atoms with van der Waals surface area (Å²) in [4.78, 5) is 28.4. The Hall–Kier alpha value is -3.87. The molecule has 0 spiro atoms. The standard InChI is InChI=1S/C29H33FN2O4/c1-4-31-29(34)25(18-21-8-6-5-7-9-21)32(20-23-10-14-24(30)15-11-23)28(33)17-13-22-12-16-26(35-2)27(19-22)36-3/h5-12,14-16,19,25H,4,13,17-18,20H2,1-3H3,(H,31,34)/t25-/m0/s1. The molecule has 0 bridgehead atoms. The molecule has 6 nitrogen and oxygen atoms in total. The predicted octanol–water partition coefficient (Wildman–Crippen LogP) is 4.55. The first-order valence-electron chi connectivity index (χ1n) is 12.0. The number of carbonyl (C=O) groups excluding carboxylic acids is 2. The van der Waals surface area contributed by atoms with Gasteiger partial charge in [0.1, 0.15) is 11.9 Å². The molecule has 7 heteroatoms. The molecule has 0 aromatic heterocycles. The predicted molar refractivity (Wildman–Crippen MR) is 137 cm³/mol. The number of ether oxygens (including phenoxy) is 2. The summed E-state index contributed by atoms with van der Waals surface area (Å²) in [6.45, 7) is 2.49. The fraction of sp³-hybridized carbons (Fsp3) is 0.310. The summed E-state index contributed by atoms with van der Waals surface area (Å²) in [7, 11) is 3.14. The number of hydrogen-bond acceptors (Lipinski definition) is 4. The zero-order chi connectivity index (χ0) is 25.9. The molecule has 0 aliphatic rings. The molecule has 190 valence electrons. The Morgan fingerprint density at radius 3 is 2.19 bits per heavy atom. The normalized spacial score (nSPS) is 11.4. The minimum Gasteiger partial charge on any atom is -0.493 e. The number of nitrogens with one attached hydrogen (secondary N) is 1. The number of aryl methyl sites for hydroxylation is 1. The molecular formula is C29H33FN2O4. The lowest BCUT2D eigenvalue weighted by Gasteiger charge is -2.31. The molecule has 0 saturated carbocycles. The van der Waals surface area contributed by atoms with Gasteiger partial charge in [-0.15, -0.1) is 0 Å². The Morgan fingerprint density at radius 1 is 0.889 bits per heavy atom. The van der Waals surface area contributed by atoms with Crippen molar-refractivity contribution in [1.82, 2.24) is 10.2 Å². The summed E-state index contributed by atoms with van der Waals surface area (Å²) in [5, 5.41) is 2.87. The van der Waals surface area contributed by atoms with Crippen LogP contribution >= 0.6 is 0 Å². The number of amides is 2. The summed E-state index contributed by atoms with van der Waals surface area (Å²) < 4.78 is 24.2. The van der Waals surface area contributed by atoms with Gasteiger partial charge in [0, 0.05) is 25.9 Å². The summed E-state index contributed by atoms with van der Waals surface area (Å²) in [5.41, 5.74) is 2.61. The molecule has 0 radical (unpaired) electrons. The number of hydrogen-bond donors (Lipinski definition) is 1. The monoisotopic (exact) mass is 492 g/mol. The maximum absolute atomic E-state index is 13.6. The number of benzene rings is 3. The second-order valence-electron chi connectivity index (χ2n) is 8.44. The van der Waals surface area contributed by atoms with Crippen molar-refractivity contribution in [3.8, 4) is 11.5 Å². The zero-order valence-corrected chi connectivity index (χ0v) is 21.0. The zero-order valence-electron chi connectivity index (χ0n) is 21.0.